The second kappa shape index (κ2) is 7.40. The lowest BCUT2D eigenvalue weighted by Gasteiger charge is -2.09. The van der Waals surface area contributed by atoms with E-state index in [1.807, 2.05) is 31.2 Å². The maximum absolute atomic E-state index is 13.8. The van der Waals surface area contributed by atoms with Crippen molar-refractivity contribution in [3.8, 4) is 11.1 Å². The first-order valence-corrected chi connectivity index (χ1v) is 8.09. The highest BCUT2D eigenvalue weighted by Gasteiger charge is 2.10. The third-order valence-electron chi connectivity index (χ3n) is 3.78. The monoisotopic (exact) mass is 354 g/mol. The Kier molecular flexibility index (Phi) is 5.05. The van der Waals surface area contributed by atoms with Gasteiger partial charge in [-0.2, -0.15) is 0 Å². The fourth-order valence-electron chi connectivity index (χ4n) is 2.50. The van der Waals surface area contributed by atoms with Crippen molar-refractivity contribution in [3.05, 3.63) is 71.6 Å². The molecule has 0 saturated carbocycles. The van der Waals surface area contributed by atoms with E-state index in [0.29, 0.717) is 22.8 Å². The third-order valence-corrected chi connectivity index (χ3v) is 4.12. The van der Waals surface area contributed by atoms with E-state index in [2.05, 4.69) is 15.0 Å². The average molecular weight is 355 g/mol. The lowest BCUT2D eigenvalue weighted by Crippen LogP contribution is -1.96. The van der Waals surface area contributed by atoms with Gasteiger partial charge in [-0.1, -0.05) is 29.8 Å². The Balaban J connectivity index is 2.05. The molecule has 3 rings (SSSR count). The number of halogens is 2. The van der Waals surface area contributed by atoms with Crippen LogP contribution in [0, 0.1) is 5.82 Å². The lowest BCUT2D eigenvalue weighted by molar-refractivity contribution is 0.620. The van der Waals surface area contributed by atoms with Crippen molar-refractivity contribution in [2.24, 2.45) is 0 Å². The molecule has 1 aromatic carbocycles. The summed E-state index contributed by atoms with van der Waals surface area (Å²) in [6, 6.07) is 7.03. The maximum atomic E-state index is 13.8. The fraction of sp³-hybridized carbons (Fsp3) is 0.105. The minimum atomic E-state index is -0.397. The highest BCUT2D eigenvalue weighted by Crippen LogP contribution is 2.28. The normalized spacial score (nSPS) is 12.2. The molecule has 3 aromatic rings. The number of benzene rings is 1. The fourth-order valence-corrected chi connectivity index (χ4v) is 2.59. The van der Waals surface area contributed by atoms with E-state index in [4.69, 9.17) is 17.3 Å². The largest absolute Gasteiger partial charge is 0.383 e. The number of nitrogens with zero attached hydrogens (tertiary/aromatic N) is 3. The summed E-state index contributed by atoms with van der Waals surface area (Å²) in [5, 5.41) is 1.36. The van der Waals surface area contributed by atoms with Crippen LogP contribution in [0.2, 0.25) is 0 Å². The molecule has 2 N–H and O–H groups in total. The Hall–Kier alpha value is -2.79. The zero-order valence-corrected chi connectivity index (χ0v) is 14.3. The number of rotatable bonds is 4. The van der Waals surface area contributed by atoms with Gasteiger partial charge in [0.05, 0.1) is 17.4 Å². The molecule has 0 unspecified atom stereocenters. The van der Waals surface area contributed by atoms with Crippen LogP contribution in [0.3, 0.4) is 0 Å². The van der Waals surface area contributed by atoms with E-state index in [-0.39, 0.29) is 0 Å². The Morgan fingerprint density at radius 3 is 2.88 bits per heavy atom. The van der Waals surface area contributed by atoms with Crippen molar-refractivity contribution in [2.45, 2.75) is 13.3 Å². The van der Waals surface area contributed by atoms with Gasteiger partial charge in [-0.25, -0.2) is 14.4 Å². The molecular formula is C19H16ClFN4. The number of nitrogens with two attached hydrogens (primary N) is 1. The molecule has 2 heterocycles. The number of nitrogen functional groups attached to an aromatic ring is 1. The van der Waals surface area contributed by atoms with Crippen LogP contribution in [0.5, 0.6) is 0 Å². The molecule has 0 saturated heterocycles. The van der Waals surface area contributed by atoms with E-state index in [1.54, 1.807) is 12.2 Å². The molecular weight excluding hydrogens is 339 g/mol. The van der Waals surface area contributed by atoms with E-state index >= 15 is 0 Å². The predicted octanol–water partition coefficient (Wildman–Crippen LogP) is 4.65. The van der Waals surface area contributed by atoms with Gasteiger partial charge in [0, 0.05) is 22.4 Å². The van der Waals surface area contributed by atoms with Crippen LogP contribution in [0.4, 0.5) is 10.2 Å². The quantitative estimate of drug-likeness (QED) is 0.692. The molecule has 4 nitrogen and oxygen atoms in total. The Labute approximate surface area is 149 Å². The summed E-state index contributed by atoms with van der Waals surface area (Å²) in [6.07, 6.45) is 8.64. The van der Waals surface area contributed by atoms with Crippen LogP contribution in [-0.4, -0.2) is 15.0 Å². The summed E-state index contributed by atoms with van der Waals surface area (Å²) in [4.78, 5) is 12.4. The second-order valence-electron chi connectivity index (χ2n) is 5.42. The van der Waals surface area contributed by atoms with Crippen molar-refractivity contribution in [2.75, 3.05) is 5.73 Å². The molecule has 0 aliphatic heterocycles. The summed E-state index contributed by atoms with van der Waals surface area (Å²) >= 11 is 5.96. The number of aromatic nitrogens is 3. The van der Waals surface area contributed by atoms with Crippen LogP contribution >= 0.6 is 11.6 Å². The Morgan fingerprint density at radius 2 is 2.08 bits per heavy atom. The molecule has 6 heteroatoms. The topological polar surface area (TPSA) is 64.7 Å². The van der Waals surface area contributed by atoms with Gasteiger partial charge in [-0.3, -0.25) is 4.98 Å². The summed E-state index contributed by atoms with van der Waals surface area (Å²) < 4.78 is 13.8. The average Bonchev–Trinajstić information content (AvgIpc) is 2.63. The van der Waals surface area contributed by atoms with Gasteiger partial charge < -0.3 is 5.73 Å². The molecule has 0 atom stereocenters. The molecule has 0 aliphatic carbocycles. The van der Waals surface area contributed by atoms with Crippen LogP contribution < -0.4 is 5.73 Å². The van der Waals surface area contributed by atoms with Gasteiger partial charge in [-0.05, 0) is 36.8 Å². The minimum absolute atomic E-state index is 0.387. The SMILES string of the molecule is C/C=C(Cl)\C=C/Cc1ncc(F)cc1-c1ccc2ncnc(N)c2c1. The number of hydrogen-bond donors (Lipinski definition) is 1. The van der Waals surface area contributed by atoms with Gasteiger partial charge in [-0.15, -0.1) is 0 Å². The molecule has 0 bridgehead atoms. The first kappa shape index (κ1) is 17.0. The molecule has 0 spiro atoms. The number of fused-ring (bicyclic) bond motifs is 1. The molecule has 126 valence electrons. The smallest absolute Gasteiger partial charge is 0.142 e. The van der Waals surface area contributed by atoms with Crippen molar-refractivity contribution in [1.82, 2.24) is 15.0 Å². The van der Waals surface area contributed by atoms with Crippen molar-refractivity contribution in [3.63, 3.8) is 0 Å². The molecule has 2 aromatic heterocycles. The molecule has 0 amide bonds. The zero-order valence-electron chi connectivity index (χ0n) is 13.6. The lowest BCUT2D eigenvalue weighted by atomic mass is 10.00. The standard InChI is InChI=1S/C19H16ClFN4/c1-2-13(20)4-3-5-17-15(9-14(21)10-23-17)12-6-7-18-16(8-12)19(22)25-11-24-18/h2-4,6-11H,5H2,1H3,(H2,22,24,25)/b4-3-,13-2+. The van der Waals surface area contributed by atoms with Crippen LogP contribution in [-0.2, 0) is 6.42 Å². The van der Waals surface area contributed by atoms with Crippen molar-refractivity contribution < 1.29 is 4.39 Å². The summed E-state index contributed by atoms with van der Waals surface area (Å²) in [5.74, 6) is -0.0101. The third kappa shape index (κ3) is 3.83. The van der Waals surface area contributed by atoms with Crippen LogP contribution in [0.15, 0.2) is 60.0 Å². The Bertz CT molecular complexity index is 982. The Morgan fingerprint density at radius 1 is 1.24 bits per heavy atom. The van der Waals surface area contributed by atoms with Gasteiger partial charge in [0.1, 0.15) is 18.0 Å². The summed E-state index contributed by atoms with van der Waals surface area (Å²) in [5.41, 5.74) is 8.92. The maximum Gasteiger partial charge on any atom is 0.142 e. The molecule has 25 heavy (non-hydrogen) atoms. The first-order chi connectivity index (χ1) is 12.1. The first-order valence-electron chi connectivity index (χ1n) is 7.72. The zero-order chi connectivity index (χ0) is 17.8. The molecule has 0 fully saturated rings. The highest BCUT2D eigenvalue weighted by molar-refractivity contribution is 6.31. The van der Waals surface area contributed by atoms with E-state index in [9.17, 15) is 4.39 Å². The summed E-state index contributed by atoms with van der Waals surface area (Å²) in [6.45, 7) is 1.86. The number of hydrogen-bond acceptors (Lipinski definition) is 4. The van der Waals surface area contributed by atoms with Gasteiger partial charge in [0.25, 0.3) is 0 Å². The van der Waals surface area contributed by atoms with Crippen molar-refractivity contribution in [1.29, 1.82) is 0 Å². The van der Waals surface area contributed by atoms with E-state index in [0.717, 1.165) is 22.2 Å². The van der Waals surface area contributed by atoms with Gasteiger partial charge in [0.2, 0.25) is 0 Å². The van der Waals surface area contributed by atoms with Crippen molar-refractivity contribution >= 4 is 28.3 Å². The summed E-state index contributed by atoms with van der Waals surface area (Å²) in [7, 11) is 0. The number of pyridine rings is 1. The number of allylic oxidation sites excluding steroid dienone is 4. The van der Waals surface area contributed by atoms with Crippen LogP contribution in [0.25, 0.3) is 22.0 Å². The minimum Gasteiger partial charge on any atom is -0.383 e. The molecule has 0 aliphatic rings. The predicted molar refractivity (Wildman–Crippen MR) is 99.6 cm³/mol. The van der Waals surface area contributed by atoms with Crippen LogP contribution in [0.1, 0.15) is 12.6 Å². The second-order valence-corrected chi connectivity index (χ2v) is 5.86. The van der Waals surface area contributed by atoms with Gasteiger partial charge in [0.15, 0.2) is 0 Å². The number of anilines is 1. The highest BCUT2D eigenvalue weighted by atomic mass is 35.5. The van der Waals surface area contributed by atoms with E-state index < -0.39 is 5.82 Å². The van der Waals surface area contributed by atoms with E-state index in [1.165, 1.54) is 18.6 Å². The van der Waals surface area contributed by atoms with Gasteiger partial charge >= 0.3 is 0 Å². The molecule has 0 radical (unpaired) electrons.